The minimum absolute atomic E-state index is 0.00349. The number of H-pyrrole nitrogens is 1. The molecule has 60 heavy (non-hydrogen) atoms. The van der Waals surface area contributed by atoms with Gasteiger partial charge >= 0.3 is 12.0 Å². The van der Waals surface area contributed by atoms with Crippen molar-refractivity contribution in [3.8, 4) is 0 Å². The number of piperidine rings is 2. The number of carbonyl (C=O) groups is 3. The molecular weight excluding hydrogens is 757 g/mol. The Kier molecular flexibility index (Phi) is 11.2. The molecule has 4 aliphatic rings. The van der Waals surface area contributed by atoms with E-state index in [1.54, 1.807) is 9.58 Å². The highest BCUT2D eigenvalue weighted by atomic mass is 16.5. The number of pyridine rings is 1. The number of nitrogens with one attached hydrogen (secondary N) is 2. The van der Waals surface area contributed by atoms with E-state index in [0.29, 0.717) is 51.5 Å². The van der Waals surface area contributed by atoms with Crippen LogP contribution in [0.5, 0.6) is 0 Å². The lowest BCUT2D eigenvalue weighted by atomic mass is 9.89. The lowest BCUT2D eigenvalue weighted by molar-refractivity contribution is -0.151. The molecule has 0 spiro atoms. The number of fused-ring (bicyclic) bond motifs is 2. The third-order valence-corrected chi connectivity index (χ3v) is 13.6. The van der Waals surface area contributed by atoms with Crippen LogP contribution < -0.4 is 10.9 Å². The zero-order chi connectivity index (χ0) is 41.4. The van der Waals surface area contributed by atoms with Crippen molar-refractivity contribution in [3.63, 3.8) is 0 Å². The molecule has 5 aromatic rings. The number of aromatic amines is 1. The van der Waals surface area contributed by atoms with Crippen molar-refractivity contribution in [2.75, 3.05) is 59.4 Å². The Morgan fingerprint density at radius 3 is 2.30 bits per heavy atom. The third kappa shape index (κ3) is 8.29. The molecule has 13 heteroatoms. The van der Waals surface area contributed by atoms with Crippen LogP contribution in [0.2, 0.25) is 0 Å². The summed E-state index contributed by atoms with van der Waals surface area (Å²) in [4.78, 5) is 66.5. The predicted molar refractivity (Wildman–Crippen MR) is 231 cm³/mol. The third-order valence-electron chi connectivity index (χ3n) is 13.6. The van der Waals surface area contributed by atoms with Gasteiger partial charge in [-0.3, -0.25) is 19.3 Å². The van der Waals surface area contributed by atoms with E-state index in [9.17, 15) is 19.2 Å². The number of hydrogen-bond donors (Lipinski definition) is 2. The van der Waals surface area contributed by atoms with Gasteiger partial charge in [0.25, 0.3) is 5.56 Å². The van der Waals surface area contributed by atoms with E-state index in [4.69, 9.17) is 9.84 Å². The number of nitrogens with zero attached hydrogens (tertiary/aromatic N) is 6. The number of para-hydroxylation sites is 1. The molecule has 0 bridgehead atoms. The van der Waals surface area contributed by atoms with Gasteiger partial charge in [0.1, 0.15) is 6.04 Å². The van der Waals surface area contributed by atoms with Gasteiger partial charge in [0.2, 0.25) is 5.91 Å². The molecule has 5 heterocycles. The molecule has 0 radical (unpaired) electrons. The van der Waals surface area contributed by atoms with Crippen molar-refractivity contribution in [1.29, 1.82) is 0 Å². The van der Waals surface area contributed by atoms with E-state index in [-0.39, 0.29) is 36.1 Å². The number of likely N-dealkylation sites (tertiary alicyclic amines) is 2. The van der Waals surface area contributed by atoms with Crippen molar-refractivity contribution < 1.29 is 19.1 Å². The second-order valence-corrected chi connectivity index (χ2v) is 17.5. The first kappa shape index (κ1) is 39.9. The molecule has 3 amide bonds. The number of hydrogen-bond acceptors (Lipinski definition) is 8. The summed E-state index contributed by atoms with van der Waals surface area (Å²) in [5, 5.41) is 9.80. The monoisotopic (exact) mass is 812 g/mol. The van der Waals surface area contributed by atoms with Crippen molar-refractivity contribution in [2.45, 2.75) is 82.0 Å². The molecule has 9 rings (SSSR count). The average Bonchev–Trinajstić information content (AvgIpc) is 3.99. The zero-order valence-electron chi connectivity index (χ0n) is 34.8. The highest BCUT2D eigenvalue weighted by molar-refractivity contribution is 5.89. The van der Waals surface area contributed by atoms with Crippen LogP contribution in [0.1, 0.15) is 66.7 Å². The summed E-state index contributed by atoms with van der Waals surface area (Å²) in [5.74, 6) is -0.267. The molecule has 1 atom stereocenters. The van der Waals surface area contributed by atoms with Crippen molar-refractivity contribution >= 4 is 39.7 Å². The first-order chi connectivity index (χ1) is 29.1. The summed E-state index contributed by atoms with van der Waals surface area (Å²) in [7, 11) is 2.17. The van der Waals surface area contributed by atoms with Crippen LogP contribution in [-0.2, 0) is 32.9 Å². The van der Waals surface area contributed by atoms with Crippen molar-refractivity contribution in [2.24, 2.45) is 0 Å². The lowest BCUT2D eigenvalue weighted by Gasteiger charge is -2.43. The Balaban J connectivity index is 0.887. The summed E-state index contributed by atoms with van der Waals surface area (Å²) >= 11 is 0. The van der Waals surface area contributed by atoms with E-state index >= 15 is 0 Å². The van der Waals surface area contributed by atoms with Gasteiger partial charge in [-0.1, -0.05) is 54.6 Å². The van der Waals surface area contributed by atoms with Gasteiger partial charge in [-0.15, -0.1) is 0 Å². The van der Waals surface area contributed by atoms with Crippen molar-refractivity contribution in [1.82, 2.24) is 39.7 Å². The first-order valence-electron chi connectivity index (χ1n) is 21.7. The number of ether oxygens (including phenoxy) is 1. The summed E-state index contributed by atoms with van der Waals surface area (Å²) in [6, 6.07) is 23.2. The maximum Gasteiger partial charge on any atom is 0.318 e. The van der Waals surface area contributed by atoms with Gasteiger partial charge in [-0.05, 0) is 112 Å². The normalized spacial score (nSPS) is 19.7. The van der Waals surface area contributed by atoms with Gasteiger partial charge in [0, 0.05) is 74.4 Å². The van der Waals surface area contributed by atoms with Gasteiger partial charge in [0.15, 0.2) is 6.73 Å². The van der Waals surface area contributed by atoms with Crippen molar-refractivity contribution in [3.05, 3.63) is 112 Å². The van der Waals surface area contributed by atoms with Gasteiger partial charge in [0.05, 0.1) is 10.9 Å². The molecule has 1 saturated carbocycles. The van der Waals surface area contributed by atoms with E-state index in [1.165, 1.54) is 0 Å². The lowest BCUT2D eigenvalue weighted by Crippen LogP contribution is -2.59. The summed E-state index contributed by atoms with van der Waals surface area (Å²) in [6.07, 6.45) is 7.35. The molecule has 3 aromatic carbocycles. The Labute approximate surface area is 350 Å². The molecule has 1 aliphatic carbocycles. The largest absolute Gasteiger partial charge is 0.442 e. The molecule has 13 nitrogen and oxygen atoms in total. The number of urea groups is 1. The highest BCUT2D eigenvalue weighted by Crippen LogP contribution is 2.49. The number of rotatable bonds is 10. The maximum absolute atomic E-state index is 14.5. The average molecular weight is 813 g/mol. The van der Waals surface area contributed by atoms with Crippen LogP contribution in [0.4, 0.5) is 4.79 Å². The number of carbonyl (C=O) groups excluding carboxylic acids is 3. The minimum Gasteiger partial charge on any atom is -0.442 e. The molecule has 4 fully saturated rings. The van der Waals surface area contributed by atoms with Crippen LogP contribution >= 0.6 is 0 Å². The second-order valence-electron chi connectivity index (χ2n) is 17.5. The molecule has 3 aliphatic heterocycles. The van der Waals surface area contributed by atoms with E-state index in [2.05, 4.69) is 27.1 Å². The number of esters is 1. The quantitative estimate of drug-likeness (QED) is 0.185. The minimum atomic E-state index is -0.769. The van der Waals surface area contributed by atoms with Crippen LogP contribution in [0.25, 0.3) is 21.8 Å². The standard InChI is InChI=1S/C47H56N8O5/c1-32-26-33(27-36-30-55(50-42(32)36)31-60-45(58)47(16-17-47)37-9-4-3-5-10-37)28-41(44(57)53-24-22-52(23-25-53)38-14-18-51(2)19-15-38)49-46(59)54-20-12-34(13-21-54)39-29-35-8-6-7-11-40(35)48-43(39)56/h3-11,26-27,29-30,34,38,41H,12-25,28,31H2,1-2H3,(H,48,56)(H,49,59). The Morgan fingerprint density at radius 2 is 1.57 bits per heavy atom. The van der Waals surface area contributed by atoms with Gasteiger partial charge in [-0.2, -0.15) is 5.10 Å². The molecule has 3 saturated heterocycles. The molecule has 2 N–H and O–H groups in total. The fourth-order valence-corrected chi connectivity index (χ4v) is 9.80. The SMILES string of the molecule is Cc1cc(CC(NC(=O)N2CCC(c3cc4ccccc4[nH]c3=O)CC2)C(=O)N2CCN(C3CCN(C)CC3)CC2)cc2cn(COC(=O)C3(c4ccccc4)CC3)nc12. The van der Waals surface area contributed by atoms with Gasteiger partial charge in [-0.25, -0.2) is 9.48 Å². The first-order valence-corrected chi connectivity index (χ1v) is 21.7. The topological polar surface area (TPSA) is 136 Å². The van der Waals surface area contributed by atoms with Gasteiger partial charge < -0.3 is 29.7 Å². The number of benzene rings is 3. The molecule has 1 unspecified atom stereocenters. The van der Waals surface area contributed by atoms with E-state index in [0.717, 1.165) is 95.9 Å². The second kappa shape index (κ2) is 16.8. The van der Waals surface area contributed by atoms with Crippen LogP contribution in [0, 0.1) is 6.92 Å². The number of aryl methyl sites for hydroxylation is 1. The van der Waals surface area contributed by atoms with Crippen LogP contribution in [-0.4, -0.2) is 124 Å². The Morgan fingerprint density at radius 1 is 0.850 bits per heavy atom. The van der Waals surface area contributed by atoms with Crippen LogP contribution in [0.15, 0.2) is 83.8 Å². The highest BCUT2D eigenvalue weighted by Gasteiger charge is 2.52. The maximum atomic E-state index is 14.5. The number of aromatic nitrogens is 3. The molecule has 314 valence electrons. The Bertz CT molecular complexity index is 2420. The van der Waals surface area contributed by atoms with E-state index in [1.807, 2.05) is 90.8 Å². The number of amides is 3. The molecule has 2 aromatic heterocycles. The predicted octanol–water partition coefficient (Wildman–Crippen LogP) is 5.16. The zero-order valence-corrected chi connectivity index (χ0v) is 34.8. The fourth-order valence-electron chi connectivity index (χ4n) is 9.80. The fraction of sp³-hybridized carbons (Fsp3) is 0.468. The van der Waals surface area contributed by atoms with E-state index < -0.39 is 11.5 Å². The summed E-state index contributed by atoms with van der Waals surface area (Å²) in [5.41, 5.74) is 4.55. The Hall–Kier alpha value is -5.53. The smallest absolute Gasteiger partial charge is 0.318 e. The van der Waals surface area contributed by atoms with Crippen LogP contribution in [0.3, 0.4) is 0 Å². The summed E-state index contributed by atoms with van der Waals surface area (Å²) in [6.45, 7) is 8.05. The number of piperazine rings is 1. The summed E-state index contributed by atoms with van der Waals surface area (Å²) < 4.78 is 7.47. The molecular formula is C47H56N8O5.